The van der Waals surface area contributed by atoms with Crippen LogP contribution < -0.4 is 4.90 Å². The molecule has 4 nitrogen and oxygen atoms in total. The van der Waals surface area contributed by atoms with Crippen molar-refractivity contribution in [3.63, 3.8) is 0 Å². The van der Waals surface area contributed by atoms with Crippen molar-refractivity contribution in [3.8, 4) is 22.4 Å². The molecule has 14 rings (SSSR count). The number of nitrogens with zero attached hydrogens (tertiary/aromatic N) is 3. The van der Waals surface area contributed by atoms with E-state index in [1.54, 1.807) is 0 Å². The summed E-state index contributed by atoms with van der Waals surface area (Å²) in [5.41, 5.74) is 12.5. The maximum Gasteiger partial charge on any atom is 0.235 e. The predicted molar refractivity (Wildman–Crippen MR) is 272 cm³/mol. The van der Waals surface area contributed by atoms with Gasteiger partial charge in [0, 0.05) is 58.8 Å². The lowest BCUT2D eigenvalue weighted by Gasteiger charge is -2.31. The molecule has 0 saturated carbocycles. The Balaban J connectivity index is 1.03. The minimum absolute atomic E-state index is 0.200. The summed E-state index contributed by atoms with van der Waals surface area (Å²) in [6, 6.07) is 57.0. The molecular formula is C60H41N3OS. The summed E-state index contributed by atoms with van der Waals surface area (Å²) < 4.78 is 8.73. The van der Waals surface area contributed by atoms with Gasteiger partial charge in [0.05, 0.1) is 16.9 Å². The minimum Gasteiger partial charge on any atom is -0.454 e. The lowest BCUT2D eigenvalue weighted by atomic mass is 9.74. The highest BCUT2D eigenvalue weighted by Crippen LogP contribution is 2.60. The van der Waals surface area contributed by atoms with Gasteiger partial charge < -0.3 is 4.42 Å². The lowest BCUT2D eigenvalue weighted by Crippen LogP contribution is -2.28. The number of benzene rings is 8. The van der Waals surface area contributed by atoms with Crippen LogP contribution in [-0.4, -0.2) is 9.97 Å². The van der Waals surface area contributed by atoms with Crippen LogP contribution in [0.5, 0.6) is 0 Å². The van der Waals surface area contributed by atoms with Gasteiger partial charge in [-0.05, 0) is 100.0 Å². The van der Waals surface area contributed by atoms with E-state index in [9.17, 15) is 0 Å². The number of hydrogen-bond donors (Lipinski definition) is 0. The molecule has 2 unspecified atom stereocenters. The fourth-order valence-electron chi connectivity index (χ4n) is 11.4. The van der Waals surface area contributed by atoms with Crippen molar-refractivity contribution in [1.29, 1.82) is 0 Å². The number of allylic oxidation sites excluding steroid dienone is 5. The predicted octanol–water partition coefficient (Wildman–Crippen LogP) is 16.2. The Bertz CT molecular complexity index is 3950. The number of hydrogen-bond acceptors (Lipinski definition) is 5. The van der Waals surface area contributed by atoms with Gasteiger partial charge in [-0.25, -0.2) is 9.97 Å². The molecule has 0 amide bonds. The highest BCUT2D eigenvalue weighted by Gasteiger charge is 2.49. The molecule has 8 aromatic carbocycles. The molecule has 11 aromatic rings. The summed E-state index contributed by atoms with van der Waals surface area (Å²) in [5, 5.41) is 9.30. The molecule has 2 aliphatic carbocycles. The SMILES string of the molecule is CC1(c2ccc3c(c2)oc2c4c(c5ccccc5c23)C2(C)CC=CC=C2N4c2nc(-c3cccc(-c4ccccc4)c3)c3ccc4ccccc4c3n2)C=Cc2sc3ccccc3c2C1. The monoisotopic (exact) mass is 851 g/mol. The highest BCUT2D eigenvalue weighted by atomic mass is 32.1. The van der Waals surface area contributed by atoms with Gasteiger partial charge in [-0.3, -0.25) is 4.90 Å². The normalized spacial score (nSPS) is 18.9. The molecular weight excluding hydrogens is 811 g/mol. The molecule has 3 aromatic heterocycles. The van der Waals surface area contributed by atoms with Gasteiger partial charge in [0.2, 0.25) is 5.95 Å². The van der Waals surface area contributed by atoms with Crippen molar-refractivity contribution in [2.24, 2.45) is 0 Å². The van der Waals surface area contributed by atoms with Crippen LogP contribution in [0.1, 0.15) is 41.8 Å². The quantitative estimate of drug-likeness (QED) is 0.165. The summed E-state index contributed by atoms with van der Waals surface area (Å²) in [6.45, 7) is 4.76. The Morgan fingerprint density at radius 2 is 1.40 bits per heavy atom. The molecule has 0 bridgehead atoms. The summed E-state index contributed by atoms with van der Waals surface area (Å²) in [5.74, 6) is 0.636. The molecule has 0 N–H and O–H groups in total. The van der Waals surface area contributed by atoms with Crippen molar-refractivity contribution in [2.75, 3.05) is 4.90 Å². The van der Waals surface area contributed by atoms with Gasteiger partial charge in [0.15, 0.2) is 5.58 Å². The van der Waals surface area contributed by atoms with Gasteiger partial charge in [0.1, 0.15) is 5.58 Å². The second kappa shape index (κ2) is 13.5. The smallest absolute Gasteiger partial charge is 0.235 e. The first kappa shape index (κ1) is 36.8. The molecule has 308 valence electrons. The van der Waals surface area contributed by atoms with E-state index in [1.165, 1.54) is 48.0 Å². The van der Waals surface area contributed by atoms with Crippen molar-refractivity contribution in [2.45, 2.75) is 37.5 Å². The third kappa shape index (κ3) is 5.24. The highest BCUT2D eigenvalue weighted by molar-refractivity contribution is 7.20. The summed E-state index contributed by atoms with van der Waals surface area (Å²) in [7, 11) is 0. The molecule has 0 radical (unpaired) electrons. The molecule has 5 heteroatoms. The zero-order chi connectivity index (χ0) is 43.0. The van der Waals surface area contributed by atoms with Crippen LogP contribution in [0.3, 0.4) is 0 Å². The van der Waals surface area contributed by atoms with Crippen molar-refractivity contribution in [1.82, 2.24) is 9.97 Å². The Morgan fingerprint density at radius 1 is 0.646 bits per heavy atom. The average Bonchev–Trinajstić information content (AvgIpc) is 4.01. The van der Waals surface area contributed by atoms with Gasteiger partial charge in [-0.2, -0.15) is 0 Å². The van der Waals surface area contributed by atoms with Crippen LogP contribution in [0.2, 0.25) is 0 Å². The number of aromatic nitrogens is 2. The number of thiophene rings is 1. The van der Waals surface area contributed by atoms with Gasteiger partial charge in [0.25, 0.3) is 0 Å². The van der Waals surface area contributed by atoms with Crippen LogP contribution in [-0.2, 0) is 17.3 Å². The number of rotatable bonds is 4. The van der Waals surface area contributed by atoms with Gasteiger partial charge in [-0.15, -0.1) is 11.3 Å². The fraction of sp³-hybridized carbons (Fsp3) is 0.100. The van der Waals surface area contributed by atoms with E-state index in [4.69, 9.17) is 14.4 Å². The average molecular weight is 852 g/mol. The van der Waals surface area contributed by atoms with Crippen molar-refractivity contribution in [3.05, 3.63) is 209 Å². The Kier molecular flexibility index (Phi) is 7.63. The first-order valence-corrected chi connectivity index (χ1v) is 23.4. The topological polar surface area (TPSA) is 42.2 Å². The molecule has 0 fully saturated rings. The zero-order valence-corrected chi connectivity index (χ0v) is 36.8. The Labute approximate surface area is 380 Å². The fourth-order valence-corrected chi connectivity index (χ4v) is 12.5. The zero-order valence-electron chi connectivity index (χ0n) is 36.0. The molecule has 1 aliphatic heterocycles. The van der Waals surface area contributed by atoms with E-state index in [2.05, 4.69) is 207 Å². The number of fused-ring (bicyclic) bond motifs is 16. The van der Waals surface area contributed by atoms with E-state index < -0.39 is 0 Å². The Morgan fingerprint density at radius 3 is 2.29 bits per heavy atom. The molecule has 2 atom stereocenters. The van der Waals surface area contributed by atoms with E-state index >= 15 is 0 Å². The largest absolute Gasteiger partial charge is 0.454 e. The van der Waals surface area contributed by atoms with Gasteiger partial charge in [-0.1, -0.05) is 159 Å². The molecule has 65 heavy (non-hydrogen) atoms. The second-order valence-electron chi connectivity index (χ2n) is 18.5. The second-order valence-corrected chi connectivity index (χ2v) is 19.6. The molecule has 4 heterocycles. The Hall–Kier alpha value is -7.60. The third-order valence-electron chi connectivity index (χ3n) is 14.7. The first-order valence-electron chi connectivity index (χ1n) is 22.6. The number of furan rings is 1. The molecule has 3 aliphatic rings. The van der Waals surface area contributed by atoms with Crippen LogP contribution in [0.25, 0.3) is 92.9 Å². The first-order chi connectivity index (χ1) is 31.9. The van der Waals surface area contributed by atoms with Crippen molar-refractivity contribution < 1.29 is 4.42 Å². The van der Waals surface area contributed by atoms with Crippen LogP contribution in [0.15, 0.2) is 192 Å². The lowest BCUT2D eigenvalue weighted by molar-refractivity contribution is 0.580. The molecule has 0 spiro atoms. The summed E-state index contributed by atoms with van der Waals surface area (Å²) in [6.07, 6.45) is 13.3. The van der Waals surface area contributed by atoms with Crippen LogP contribution in [0, 0.1) is 0 Å². The van der Waals surface area contributed by atoms with E-state index in [0.29, 0.717) is 5.95 Å². The third-order valence-corrected chi connectivity index (χ3v) is 15.8. The summed E-state index contributed by atoms with van der Waals surface area (Å²) >= 11 is 1.89. The maximum absolute atomic E-state index is 7.38. The number of anilines is 2. The van der Waals surface area contributed by atoms with Crippen molar-refractivity contribution >= 4 is 93.5 Å². The van der Waals surface area contributed by atoms with E-state index in [1.807, 2.05) is 11.3 Å². The van der Waals surface area contributed by atoms with E-state index in [0.717, 1.165) is 84.7 Å². The van der Waals surface area contributed by atoms with Crippen LogP contribution >= 0.6 is 11.3 Å². The maximum atomic E-state index is 7.38. The minimum atomic E-state index is -0.367. The standard InChI is InChI=1S/C60H41N3OS/c1-59(32-30-50-47(35-59)42-21-10-11-24-49(42)65-50)40-27-29-45-48(34-40)64-57-52(45)43-22-8-9-23-44(43)53-56(57)63(51-25-12-13-31-60(51,53)2)58-61-54(39-19-14-18-38(33-39)36-15-4-3-5-16-36)46-28-26-37-17-6-7-20-41(37)55(46)62-58/h3-30,32-34H,31,35H2,1-2H3. The van der Waals surface area contributed by atoms with Gasteiger partial charge >= 0.3 is 0 Å². The van der Waals surface area contributed by atoms with Crippen LogP contribution in [0.4, 0.5) is 11.6 Å². The van der Waals surface area contributed by atoms with E-state index in [-0.39, 0.29) is 10.8 Å². The summed E-state index contributed by atoms with van der Waals surface area (Å²) in [4.78, 5) is 15.0. The molecule has 0 saturated heterocycles.